The van der Waals surface area contributed by atoms with Gasteiger partial charge in [-0.2, -0.15) is 4.31 Å². The van der Waals surface area contributed by atoms with E-state index < -0.39 is 32.2 Å². The Morgan fingerprint density at radius 1 is 1.30 bits per heavy atom. The highest BCUT2D eigenvalue weighted by Gasteiger charge is 2.38. The molecule has 33 heavy (non-hydrogen) atoms. The van der Waals surface area contributed by atoms with Crippen LogP contribution in [0.1, 0.15) is 45.1 Å². The van der Waals surface area contributed by atoms with Crippen LogP contribution in [0.15, 0.2) is 23.1 Å². The highest BCUT2D eigenvalue weighted by molar-refractivity contribution is 7.89. The Morgan fingerprint density at radius 2 is 1.97 bits per heavy atom. The summed E-state index contributed by atoms with van der Waals surface area (Å²) in [7, 11) is -5.92. The second-order valence-electron chi connectivity index (χ2n) is 9.20. The van der Waals surface area contributed by atoms with Crippen molar-refractivity contribution in [1.29, 1.82) is 0 Å². The van der Waals surface area contributed by atoms with Gasteiger partial charge in [-0.05, 0) is 38.0 Å². The topological polar surface area (TPSA) is 104 Å². The molecule has 1 fully saturated rings. The number of hydrogen-bond donors (Lipinski definition) is 1. The molecule has 0 bridgehead atoms. The zero-order valence-corrected chi connectivity index (χ0v) is 21.3. The molecule has 0 spiro atoms. The molecule has 1 aromatic carbocycles. The molecule has 0 unspecified atom stereocenters. The summed E-state index contributed by atoms with van der Waals surface area (Å²) in [5, 5.41) is 9.71. The van der Waals surface area contributed by atoms with Gasteiger partial charge in [0, 0.05) is 37.0 Å². The lowest BCUT2D eigenvalue weighted by Crippen LogP contribution is -2.50. The van der Waals surface area contributed by atoms with Crippen molar-refractivity contribution in [2.45, 2.75) is 56.6 Å². The summed E-state index contributed by atoms with van der Waals surface area (Å²) in [5.41, 5.74) is 0.654. The largest absolute Gasteiger partial charge is 0.487 e. The fraction of sp³-hybridized carbons (Fsp3) is 0.652. The number of hydrogen-bond acceptors (Lipinski definition) is 6. The van der Waals surface area contributed by atoms with Gasteiger partial charge in [0.2, 0.25) is 20.0 Å². The third-order valence-electron chi connectivity index (χ3n) is 6.45. The van der Waals surface area contributed by atoms with E-state index in [1.54, 1.807) is 19.1 Å². The van der Waals surface area contributed by atoms with Crippen LogP contribution in [0.3, 0.4) is 0 Å². The molecule has 0 aromatic heterocycles. The molecular weight excluding hydrogens is 464 g/mol. The number of rotatable bonds is 5. The molecule has 10 heteroatoms. The third-order valence-corrected chi connectivity index (χ3v) is 9.75. The van der Waals surface area contributed by atoms with Gasteiger partial charge in [-0.1, -0.05) is 31.6 Å². The Balaban J connectivity index is 2.05. The SMILES string of the molecule is C[C@@H]1CN([C@H](C)CO)S(=O)(=O)c2ccc(C#CC3CCCC3)cc2O[C@@H]1CN(C)S(C)(=O)=O. The Morgan fingerprint density at radius 3 is 2.58 bits per heavy atom. The lowest BCUT2D eigenvalue weighted by Gasteiger charge is -2.37. The van der Waals surface area contributed by atoms with Crippen LogP contribution >= 0.6 is 0 Å². The van der Waals surface area contributed by atoms with Crippen LogP contribution in [-0.4, -0.2) is 75.7 Å². The van der Waals surface area contributed by atoms with Crippen molar-refractivity contribution in [2.75, 3.05) is 33.0 Å². The predicted molar refractivity (Wildman–Crippen MR) is 127 cm³/mol. The van der Waals surface area contributed by atoms with E-state index in [-0.39, 0.29) is 36.3 Å². The molecule has 184 valence electrons. The van der Waals surface area contributed by atoms with Gasteiger partial charge >= 0.3 is 0 Å². The summed E-state index contributed by atoms with van der Waals surface area (Å²) < 4.78 is 59.6. The second kappa shape index (κ2) is 10.3. The molecule has 2 aliphatic rings. The monoisotopic (exact) mass is 498 g/mol. The molecule has 3 rings (SSSR count). The van der Waals surface area contributed by atoms with E-state index in [0.29, 0.717) is 11.5 Å². The molecule has 0 amide bonds. The van der Waals surface area contributed by atoms with Gasteiger partial charge in [-0.15, -0.1) is 0 Å². The van der Waals surface area contributed by atoms with Gasteiger partial charge in [-0.3, -0.25) is 0 Å². The molecule has 1 aromatic rings. The minimum Gasteiger partial charge on any atom is -0.487 e. The summed E-state index contributed by atoms with van der Waals surface area (Å²) in [4.78, 5) is -0.00637. The first-order valence-electron chi connectivity index (χ1n) is 11.3. The van der Waals surface area contributed by atoms with Gasteiger partial charge in [0.25, 0.3) is 0 Å². The van der Waals surface area contributed by atoms with E-state index in [4.69, 9.17) is 4.74 Å². The minimum atomic E-state index is -3.95. The van der Waals surface area contributed by atoms with Gasteiger partial charge in [0.15, 0.2) is 0 Å². The van der Waals surface area contributed by atoms with Crippen LogP contribution in [-0.2, 0) is 20.0 Å². The number of sulfonamides is 2. The number of ether oxygens (including phenoxy) is 1. The van der Waals surface area contributed by atoms with Gasteiger partial charge in [-0.25, -0.2) is 21.1 Å². The first-order chi connectivity index (χ1) is 15.4. The maximum absolute atomic E-state index is 13.5. The number of fused-ring (bicyclic) bond motifs is 1. The van der Waals surface area contributed by atoms with E-state index in [0.717, 1.165) is 19.1 Å². The average Bonchev–Trinajstić information content (AvgIpc) is 3.27. The zero-order valence-electron chi connectivity index (χ0n) is 19.7. The van der Waals surface area contributed by atoms with Crippen molar-refractivity contribution >= 4 is 20.0 Å². The molecule has 0 saturated heterocycles. The van der Waals surface area contributed by atoms with Crippen LogP contribution in [0.25, 0.3) is 0 Å². The van der Waals surface area contributed by atoms with Crippen molar-refractivity contribution in [2.24, 2.45) is 11.8 Å². The first kappa shape index (κ1) is 26.0. The quantitative estimate of drug-likeness (QED) is 0.622. The molecule has 1 saturated carbocycles. The Hall–Kier alpha value is -1.64. The normalized spacial score (nSPS) is 24.8. The van der Waals surface area contributed by atoms with E-state index in [2.05, 4.69) is 11.8 Å². The van der Waals surface area contributed by atoms with E-state index in [1.165, 1.54) is 34.6 Å². The fourth-order valence-corrected chi connectivity index (χ4v) is 6.41. The third kappa shape index (κ3) is 6.08. The average molecular weight is 499 g/mol. The smallest absolute Gasteiger partial charge is 0.247 e. The van der Waals surface area contributed by atoms with Crippen LogP contribution < -0.4 is 4.74 Å². The fourth-order valence-electron chi connectivity index (χ4n) is 4.17. The summed E-state index contributed by atoms with van der Waals surface area (Å²) in [6.07, 6.45) is 5.04. The van der Waals surface area contributed by atoms with Crippen molar-refractivity contribution in [3.8, 4) is 17.6 Å². The summed E-state index contributed by atoms with van der Waals surface area (Å²) >= 11 is 0. The Bertz CT molecular complexity index is 1120. The predicted octanol–water partition coefficient (Wildman–Crippen LogP) is 1.89. The number of benzene rings is 1. The number of likely N-dealkylation sites (N-methyl/N-ethyl adjacent to an activating group) is 1. The maximum Gasteiger partial charge on any atom is 0.247 e. The van der Waals surface area contributed by atoms with Gasteiger partial charge < -0.3 is 9.84 Å². The summed E-state index contributed by atoms with van der Waals surface area (Å²) in [6.45, 7) is 3.29. The molecule has 0 radical (unpaired) electrons. The second-order valence-corrected chi connectivity index (χ2v) is 13.1. The molecular formula is C23H34N2O6S2. The Kier molecular flexibility index (Phi) is 8.12. The highest BCUT2D eigenvalue weighted by Crippen LogP contribution is 2.34. The van der Waals surface area contributed by atoms with Gasteiger partial charge in [0.1, 0.15) is 16.7 Å². The van der Waals surface area contributed by atoms with E-state index in [9.17, 15) is 21.9 Å². The number of nitrogens with zero attached hydrogens (tertiary/aromatic N) is 2. The Labute approximate surface area is 198 Å². The zero-order chi connectivity index (χ0) is 24.4. The number of aliphatic hydroxyl groups excluding tert-OH is 1. The van der Waals surface area contributed by atoms with Crippen LogP contribution in [0, 0.1) is 23.7 Å². The maximum atomic E-state index is 13.5. The molecule has 1 heterocycles. The van der Waals surface area contributed by atoms with Crippen molar-refractivity contribution in [1.82, 2.24) is 8.61 Å². The lowest BCUT2D eigenvalue weighted by atomic mass is 10.0. The van der Waals surface area contributed by atoms with Crippen LogP contribution in [0.4, 0.5) is 0 Å². The van der Waals surface area contributed by atoms with Crippen molar-refractivity contribution < 1.29 is 26.7 Å². The lowest BCUT2D eigenvalue weighted by molar-refractivity contribution is 0.0905. The molecule has 1 aliphatic carbocycles. The van der Waals surface area contributed by atoms with Crippen molar-refractivity contribution in [3.05, 3.63) is 23.8 Å². The number of aliphatic hydroxyl groups is 1. The molecule has 1 N–H and O–H groups in total. The van der Waals surface area contributed by atoms with E-state index in [1.807, 2.05) is 6.92 Å². The minimum absolute atomic E-state index is 0.00637. The standard InChI is InChI=1S/C23H34N2O6S2/c1-17-14-25(18(2)16-26)33(29,30)23-12-11-20(10-9-19-7-5-6-8-19)13-21(23)31-22(17)15-24(3)32(4,27)28/h11-13,17-19,22,26H,5-8,14-16H2,1-4H3/t17-,18-,22-/m1/s1. The van der Waals surface area contributed by atoms with Crippen LogP contribution in [0.2, 0.25) is 0 Å². The van der Waals surface area contributed by atoms with Crippen molar-refractivity contribution in [3.63, 3.8) is 0 Å². The summed E-state index contributed by atoms with van der Waals surface area (Å²) in [6, 6.07) is 4.15. The first-order valence-corrected chi connectivity index (χ1v) is 14.6. The highest BCUT2D eigenvalue weighted by atomic mass is 32.2. The van der Waals surface area contributed by atoms with E-state index >= 15 is 0 Å². The van der Waals surface area contributed by atoms with Crippen LogP contribution in [0.5, 0.6) is 5.75 Å². The molecule has 3 atom stereocenters. The molecule has 1 aliphatic heterocycles. The summed E-state index contributed by atoms with van der Waals surface area (Å²) in [5.74, 6) is 6.60. The van der Waals surface area contributed by atoms with Gasteiger partial charge in [0.05, 0.1) is 19.4 Å². The molecule has 8 nitrogen and oxygen atoms in total.